The molecule has 3 rings (SSSR count). The summed E-state index contributed by atoms with van der Waals surface area (Å²) in [5, 5.41) is 0. The molecule has 0 aliphatic heterocycles. The molecule has 0 heteroatoms. The Balaban J connectivity index is 1.90. The van der Waals surface area contributed by atoms with Crippen molar-refractivity contribution in [2.45, 2.75) is 52.9 Å². The summed E-state index contributed by atoms with van der Waals surface area (Å²) >= 11 is 0. The Morgan fingerprint density at radius 1 is 1.00 bits per heavy atom. The van der Waals surface area contributed by atoms with Gasteiger partial charge in [-0.3, -0.25) is 0 Å². The highest BCUT2D eigenvalue weighted by Gasteiger charge is 2.41. The van der Waals surface area contributed by atoms with Gasteiger partial charge in [-0.1, -0.05) is 68.3 Å². The molecule has 20 heavy (non-hydrogen) atoms. The molecule has 2 atom stereocenters. The number of allylic oxidation sites excluding steroid dienone is 4. The second-order valence-electron chi connectivity index (χ2n) is 6.74. The van der Waals surface area contributed by atoms with Gasteiger partial charge in [0.1, 0.15) is 0 Å². The molecule has 2 aliphatic rings. The summed E-state index contributed by atoms with van der Waals surface area (Å²) < 4.78 is 0. The molecule has 0 heterocycles. The SMILES string of the molecule is CCC1=C(CC)C[C@@]2(C)C=C(c3ccccc3)C[C@H]2C1. The third-order valence-electron chi connectivity index (χ3n) is 5.49. The van der Waals surface area contributed by atoms with Gasteiger partial charge in [0.05, 0.1) is 0 Å². The zero-order valence-electron chi connectivity index (χ0n) is 13.1. The molecule has 0 saturated heterocycles. The number of hydrogen-bond acceptors (Lipinski definition) is 0. The number of benzene rings is 1. The van der Waals surface area contributed by atoms with Crippen LogP contribution in [0.2, 0.25) is 0 Å². The Morgan fingerprint density at radius 2 is 1.70 bits per heavy atom. The maximum Gasteiger partial charge on any atom is -0.00688 e. The molecule has 0 N–H and O–H groups in total. The van der Waals surface area contributed by atoms with E-state index in [2.05, 4.69) is 57.2 Å². The first-order chi connectivity index (χ1) is 9.66. The Bertz CT molecular complexity index is 547. The van der Waals surface area contributed by atoms with Gasteiger partial charge in [0, 0.05) is 0 Å². The van der Waals surface area contributed by atoms with Crippen LogP contribution in [0.25, 0.3) is 5.57 Å². The van der Waals surface area contributed by atoms with E-state index in [1.54, 1.807) is 16.7 Å². The minimum atomic E-state index is 0.398. The lowest BCUT2D eigenvalue weighted by atomic mass is 9.66. The van der Waals surface area contributed by atoms with Crippen LogP contribution in [0.3, 0.4) is 0 Å². The summed E-state index contributed by atoms with van der Waals surface area (Å²) in [6.45, 7) is 7.13. The number of hydrogen-bond donors (Lipinski definition) is 0. The average molecular weight is 266 g/mol. The first kappa shape index (κ1) is 13.7. The summed E-state index contributed by atoms with van der Waals surface area (Å²) in [4.78, 5) is 0. The second kappa shape index (κ2) is 5.24. The molecule has 0 fully saturated rings. The van der Waals surface area contributed by atoms with Gasteiger partial charge in [-0.15, -0.1) is 0 Å². The largest absolute Gasteiger partial charge is 0.0741 e. The maximum atomic E-state index is 2.59. The minimum Gasteiger partial charge on any atom is -0.0741 e. The van der Waals surface area contributed by atoms with Crippen molar-refractivity contribution >= 4 is 5.57 Å². The quantitative estimate of drug-likeness (QED) is 0.588. The van der Waals surface area contributed by atoms with Crippen LogP contribution < -0.4 is 0 Å². The molecule has 106 valence electrons. The fraction of sp³-hybridized carbons (Fsp3) is 0.500. The predicted octanol–water partition coefficient (Wildman–Crippen LogP) is 6.01. The summed E-state index contributed by atoms with van der Waals surface area (Å²) in [5.41, 5.74) is 6.88. The van der Waals surface area contributed by atoms with Crippen LogP contribution in [0, 0.1) is 11.3 Å². The Hall–Kier alpha value is -1.30. The smallest absolute Gasteiger partial charge is 0.00688 e. The van der Waals surface area contributed by atoms with Crippen LogP contribution in [0.4, 0.5) is 0 Å². The molecule has 0 unspecified atom stereocenters. The van der Waals surface area contributed by atoms with Crippen LogP contribution in [-0.2, 0) is 0 Å². The molecule has 0 nitrogen and oxygen atoms in total. The lowest BCUT2D eigenvalue weighted by Gasteiger charge is -2.38. The molecule has 1 aromatic carbocycles. The highest BCUT2D eigenvalue weighted by Crippen LogP contribution is 2.54. The summed E-state index contributed by atoms with van der Waals surface area (Å²) in [6.07, 6.45) is 8.95. The van der Waals surface area contributed by atoms with Crippen molar-refractivity contribution < 1.29 is 0 Å². The standard InChI is InChI=1S/C20H26/c1-4-15-11-19-12-18(17-9-7-6-8-10-17)14-20(19,3)13-16(15)5-2/h6-10,14,19H,4-5,11-13H2,1-3H3/t19-,20+/m1/s1. The molecular formula is C20H26. The van der Waals surface area contributed by atoms with Crippen molar-refractivity contribution in [2.75, 3.05) is 0 Å². The van der Waals surface area contributed by atoms with E-state index in [0.29, 0.717) is 5.41 Å². The lowest BCUT2D eigenvalue weighted by Crippen LogP contribution is -2.27. The van der Waals surface area contributed by atoms with Crippen LogP contribution in [0.15, 0.2) is 47.6 Å². The first-order valence-corrected chi connectivity index (χ1v) is 8.13. The third kappa shape index (κ3) is 2.26. The predicted molar refractivity (Wildman–Crippen MR) is 87.5 cm³/mol. The van der Waals surface area contributed by atoms with E-state index >= 15 is 0 Å². The topological polar surface area (TPSA) is 0 Å². The van der Waals surface area contributed by atoms with Crippen molar-refractivity contribution in [2.24, 2.45) is 11.3 Å². The molecule has 0 bridgehead atoms. The monoisotopic (exact) mass is 266 g/mol. The van der Waals surface area contributed by atoms with E-state index in [9.17, 15) is 0 Å². The van der Waals surface area contributed by atoms with Gasteiger partial charge in [0.25, 0.3) is 0 Å². The van der Waals surface area contributed by atoms with Gasteiger partial charge in [-0.2, -0.15) is 0 Å². The molecule has 2 aliphatic carbocycles. The zero-order chi connectivity index (χ0) is 14.2. The normalized spacial score (nSPS) is 29.4. The Labute approximate surface area is 123 Å². The van der Waals surface area contributed by atoms with Crippen molar-refractivity contribution in [3.63, 3.8) is 0 Å². The van der Waals surface area contributed by atoms with E-state index < -0.39 is 0 Å². The van der Waals surface area contributed by atoms with Crippen LogP contribution >= 0.6 is 0 Å². The Morgan fingerprint density at radius 3 is 2.35 bits per heavy atom. The zero-order valence-corrected chi connectivity index (χ0v) is 13.1. The van der Waals surface area contributed by atoms with Crippen LogP contribution in [0.5, 0.6) is 0 Å². The summed E-state index contributed by atoms with van der Waals surface area (Å²) in [7, 11) is 0. The fourth-order valence-electron chi connectivity index (χ4n) is 4.22. The third-order valence-corrected chi connectivity index (χ3v) is 5.49. The summed E-state index contributed by atoms with van der Waals surface area (Å²) in [5.74, 6) is 0.822. The second-order valence-corrected chi connectivity index (χ2v) is 6.74. The Kier molecular flexibility index (Phi) is 3.58. The molecule has 0 amide bonds. The lowest BCUT2D eigenvalue weighted by molar-refractivity contribution is 0.251. The highest BCUT2D eigenvalue weighted by atomic mass is 14.5. The molecule has 0 saturated carbocycles. The van der Waals surface area contributed by atoms with Gasteiger partial charge >= 0.3 is 0 Å². The van der Waals surface area contributed by atoms with E-state index in [4.69, 9.17) is 0 Å². The highest BCUT2D eigenvalue weighted by molar-refractivity contribution is 5.69. The van der Waals surface area contributed by atoms with Crippen molar-refractivity contribution in [1.29, 1.82) is 0 Å². The number of rotatable bonds is 3. The van der Waals surface area contributed by atoms with Gasteiger partial charge in [-0.05, 0) is 54.6 Å². The van der Waals surface area contributed by atoms with Gasteiger partial charge < -0.3 is 0 Å². The van der Waals surface area contributed by atoms with E-state index in [-0.39, 0.29) is 0 Å². The maximum absolute atomic E-state index is 2.59. The van der Waals surface area contributed by atoms with E-state index in [1.165, 1.54) is 37.7 Å². The van der Waals surface area contributed by atoms with E-state index in [1.807, 2.05) is 0 Å². The molecule has 0 radical (unpaired) electrons. The number of fused-ring (bicyclic) bond motifs is 1. The van der Waals surface area contributed by atoms with Gasteiger partial charge in [0.15, 0.2) is 0 Å². The summed E-state index contributed by atoms with van der Waals surface area (Å²) in [6, 6.07) is 11.0. The van der Waals surface area contributed by atoms with Crippen LogP contribution in [0.1, 0.15) is 58.4 Å². The van der Waals surface area contributed by atoms with Crippen molar-refractivity contribution in [1.82, 2.24) is 0 Å². The molecule has 0 aromatic heterocycles. The molecule has 0 spiro atoms. The molecular weight excluding hydrogens is 240 g/mol. The van der Waals surface area contributed by atoms with Gasteiger partial charge in [-0.25, -0.2) is 0 Å². The first-order valence-electron chi connectivity index (χ1n) is 8.13. The minimum absolute atomic E-state index is 0.398. The van der Waals surface area contributed by atoms with Crippen molar-refractivity contribution in [3.05, 3.63) is 53.1 Å². The molecule has 1 aromatic rings. The van der Waals surface area contributed by atoms with Gasteiger partial charge in [0.2, 0.25) is 0 Å². The average Bonchev–Trinajstić information content (AvgIpc) is 2.83. The van der Waals surface area contributed by atoms with Crippen molar-refractivity contribution in [3.8, 4) is 0 Å². The van der Waals surface area contributed by atoms with E-state index in [0.717, 1.165) is 5.92 Å². The fourth-order valence-corrected chi connectivity index (χ4v) is 4.22. The van der Waals surface area contributed by atoms with Crippen LogP contribution in [-0.4, -0.2) is 0 Å².